The summed E-state index contributed by atoms with van der Waals surface area (Å²) in [5.74, 6) is -0.776. The summed E-state index contributed by atoms with van der Waals surface area (Å²) in [7, 11) is 1.70. The number of ether oxygens (including phenoxy) is 8. The van der Waals surface area contributed by atoms with Crippen molar-refractivity contribution in [3.63, 3.8) is 0 Å². The summed E-state index contributed by atoms with van der Waals surface area (Å²) in [5, 5.41) is 20.8. The predicted molar refractivity (Wildman–Crippen MR) is 230 cm³/mol. The van der Waals surface area contributed by atoms with Crippen molar-refractivity contribution in [3.05, 3.63) is 0 Å². The average Bonchev–Trinajstić information content (AvgIpc) is 3.78. The van der Waals surface area contributed by atoms with Crippen LogP contribution in [0.3, 0.4) is 0 Å². The summed E-state index contributed by atoms with van der Waals surface area (Å²) in [6, 6.07) is 0. The maximum Gasteiger partial charge on any atom is 1.00 e. The molecule has 15 aliphatic rings. The third-order valence-corrected chi connectivity index (χ3v) is 19.3. The minimum atomic E-state index is -1.28. The van der Waals surface area contributed by atoms with Crippen LogP contribution in [0.5, 0.6) is 0 Å². The Labute approximate surface area is 428 Å². The molecule has 15 rings (SSSR count). The summed E-state index contributed by atoms with van der Waals surface area (Å²) in [6.45, 7) is 18.7. The Morgan fingerprint density at radius 3 is 1.30 bits per heavy atom. The van der Waals surface area contributed by atoms with E-state index in [0.29, 0.717) is 41.9 Å². The molecule has 15 fully saturated rings. The Bertz CT molecular complexity index is 1880. The summed E-state index contributed by atoms with van der Waals surface area (Å²) in [4.78, 5) is 57.8. The van der Waals surface area contributed by atoms with E-state index in [1.807, 2.05) is 34.6 Å². The van der Waals surface area contributed by atoms with E-state index >= 15 is 0 Å². The number of carboxylic acid groups (broad SMARTS) is 1. The predicted octanol–water partition coefficient (Wildman–Crippen LogP) is 3.30. The van der Waals surface area contributed by atoms with E-state index in [1.165, 1.54) is 12.8 Å². The number of aliphatic carboxylic acids is 1. The van der Waals surface area contributed by atoms with Crippen molar-refractivity contribution in [2.24, 2.45) is 71.0 Å². The number of aliphatic hydroxyl groups is 1. The number of esters is 1. The molecule has 24 atom stereocenters. The Morgan fingerprint density at radius 1 is 0.522 bits per heavy atom. The third kappa shape index (κ3) is 8.75. The van der Waals surface area contributed by atoms with E-state index in [2.05, 4.69) is 27.7 Å². The Morgan fingerprint density at radius 2 is 0.899 bits per heavy atom. The zero-order valence-corrected chi connectivity index (χ0v) is 44.7. The van der Waals surface area contributed by atoms with Gasteiger partial charge in [0.05, 0.1) is 6.42 Å². The number of methoxy groups -OCH3 is 1. The van der Waals surface area contributed by atoms with E-state index in [0.717, 1.165) is 57.8 Å². The minimum absolute atomic E-state index is 0. The zero-order chi connectivity index (χ0) is 48.3. The molecule has 0 aromatic rings. The molecule has 3 spiro atoms. The normalized spacial score (nSPS) is 54.9. The molecular weight excluding hydrogens is 912 g/mol. The Kier molecular flexibility index (Phi) is 15.0. The van der Waals surface area contributed by atoms with E-state index in [9.17, 15) is 19.8 Å². The number of rotatable bonds is 5. The molecule has 1 N–H and O–H groups in total. The molecule has 0 amide bonds. The molecule has 386 valence electrons. The molecule has 1 unspecified atom stereocenters. The van der Waals surface area contributed by atoms with Gasteiger partial charge >= 0.3 is 35.5 Å². The van der Waals surface area contributed by atoms with Crippen LogP contribution < -0.4 is 34.7 Å². The van der Waals surface area contributed by atoms with Crippen LogP contribution in [0.1, 0.15) is 152 Å². The van der Waals surface area contributed by atoms with Crippen LogP contribution >= 0.6 is 0 Å². The van der Waals surface area contributed by atoms with Gasteiger partial charge < -0.3 is 52.9 Å². The van der Waals surface area contributed by atoms with Crippen LogP contribution in [0.4, 0.5) is 0 Å². The summed E-state index contributed by atoms with van der Waals surface area (Å²) in [5.41, 5.74) is -1.73. The van der Waals surface area contributed by atoms with Gasteiger partial charge in [-0.05, 0) is 120 Å². The first kappa shape index (κ1) is 53.2. The first-order valence-electron chi connectivity index (χ1n) is 25.9. The van der Waals surface area contributed by atoms with Crippen LogP contribution in [0.2, 0.25) is 0 Å². The molecule has 0 aromatic carbocycles. The van der Waals surface area contributed by atoms with E-state index in [-0.39, 0.29) is 84.2 Å². The fraction of sp³-hybridized carbons (Fsp3) is 0.960. The summed E-state index contributed by atoms with van der Waals surface area (Å²) in [6.07, 6.45) is 7.84. The van der Waals surface area contributed by atoms with Gasteiger partial charge in [0.25, 0.3) is 0 Å². The average molecular weight is 989 g/mol. The number of carboxylic acids is 1. The fourth-order valence-electron chi connectivity index (χ4n) is 15.4. The van der Waals surface area contributed by atoms with Crippen molar-refractivity contribution in [3.8, 4) is 0 Å². The monoisotopic (exact) mass is 989 g/mol. The number of carbonyl (C=O) groups is 2. The fourth-order valence-corrected chi connectivity index (χ4v) is 15.4. The smallest absolute Gasteiger partial charge is 0.550 e. The van der Waals surface area contributed by atoms with Crippen molar-refractivity contribution in [1.29, 1.82) is 0 Å². The molecule has 12 heterocycles. The van der Waals surface area contributed by atoms with E-state index < -0.39 is 77.6 Å². The zero-order valence-electron chi connectivity index (χ0n) is 42.7. The van der Waals surface area contributed by atoms with Crippen LogP contribution in [0.15, 0.2) is 0 Å². The quantitative estimate of drug-likeness (QED) is 0.238. The number of hydrogen-bond donors (Lipinski definition) is 1. The van der Waals surface area contributed by atoms with Gasteiger partial charge in [0.15, 0.2) is 48.3 Å². The topological polar surface area (TPSA) is 207 Å². The molecule has 19 heteroatoms. The molecule has 3 aliphatic carbocycles. The molecule has 0 radical (unpaired) electrons. The minimum Gasteiger partial charge on any atom is -0.550 e. The van der Waals surface area contributed by atoms with Crippen molar-refractivity contribution < 1.29 is 117 Å². The van der Waals surface area contributed by atoms with Crippen LogP contribution in [0.25, 0.3) is 0 Å². The van der Waals surface area contributed by atoms with Crippen molar-refractivity contribution >= 4 is 11.9 Å². The van der Waals surface area contributed by atoms with E-state index in [1.54, 1.807) is 7.11 Å². The molecule has 18 nitrogen and oxygen atoms in total. The van der Waals surface area contributed by atoms with E-state index in [4.69, 9.17) is 67.2 Å². The first-order valence-corrected chi connectivity index (χ1v) is 25.9. The van der Waals surface area contributed by atoms with Gasteiger partial charge in [-0.15, -0.1) is 0 Å². The summed E-state index contributed by atoms with van der Waals surface area (Å²) >= 11 is 0. The van der Waals surface area contributed by atoms with Gasteiger partial charge in [-0.1, -0.05) is 41.5 Å². The molecular formula is C50H77NaO18. The molecule has 6 bridgehead atoms. The molecule has 12 aliphatic heterocycles. The SMILES string of the molecule is CO[C@H]1O[C@@H]2O[C@@]3(C)CC[C@H]4[C@H](C)CC[C@@H]([C@H]1C)[C@@]24OO3.C[C@@H]1CC[C@H]2[C@@H](C)C(O)O[C@@H]3O[C@@]4(C)CC[C@@H]1[C@]32OO4.C[C@H]1[C@H](OC(=O)CCC(=O)[O-])O[C@@H]2O[C@@]3(C)CC[C@H]4[C@H](C)CC[C@@H]1[C@@]24OO3.[Na+]. The Hall–Kier alpha value is -0.620. The number of fused-ring (bicyclic) bond motifs is 6. The number of carbonyl (C=O) groups excluding carboxylic acids is 2. The van der Waals surface area contributed by atoms with Gasteiger partial charge in [-0.3, -0.25) is 4.79 Å². The van der Waals surface area contributed by atoms with Crippen molar-refractivity contribution in [2.75, 3.05) is 7.11 Å². The molecule has 0 aromatic heterocycles. The molecule has 69 heavy (non-hydrogen) atoms. The molecule has 3 saturated carbocycles. The van der Waals surface area contributed by atoms with Crippen LogP contribution in [-0.2, 0) is 76.8 Å². The third-order valence-electron chi connectivity index (χ3n) is 19.3. The largest absolute Gasteiger partial charge is 1.00 e. The van der Waals surface area contributed by atoms with Crippen LogP contribution in [0, 0.1) is 71.0 Å². The maximum atomic E-state index is 12.0. The first-order chi connectivity index (χ1) is 32.2. The van der Waals surface area contributed by atoms with Crippen molar-refractivity contribution in [2.45, 2.75) is 224 Å². The number of hydrogen-bond acceptors (Lipinski definition) is 18. The molecule has 12 saturated heterocycles. The van der Waals surface area contributed by atoms with Gasteiger partial charge in [0.1, 0.15) is 0 Å². The number of aliphatic hydroxyl groups excluding tert-OH is 1. The van der Waals surface area contributed by atoms with Gasteiger partial charge in [-0.25, -0.2) is 29.3 Å². The van der Waals surface area contributed by atoms with Gasteiger partial charge in [0.2, 0.25) is 23.7 Å². The summed E-state index contributed by atoms with van der Waals surface area (Å²) < 4.78 is 47.5. The van der Waals surface area contributed by atoms with Crippen molar-refractivity contribution in [1.82, 2.24) is 0 Å². The second-order valence-corrected chi connectivity index (χ2v) is 23.4. The van der Waals surface area contributed by atoms with Gasteiger partial charge in [0, 0.05) is 67.8 Å². The second kappa shape index (κ2) is 19.5. The van der Waals surface area contributed by atoms with Gasteiger partial charge in [-0.2, -0.15) is 0 Å². The van der Waals surface area contributed by atoms with Crippen LogP contribution in [-0.4, -0.2) is 96.1 Å². The second-order valence-electron chi connectivity index (χ2n) is 23.4. The standard InChI is InChI=1S/C19H28O8.C16H26O5.C15H24O5.Na/c1-10-4-5-13-11(2)16(23-15(22)7-6-14(20)21)24-17-19(13)12(10)8-9-18(3,25-17)26-27-19;1-9-5-6-12-10(2)13(17-4)18-14-16(12)11(9)7-8-15(3,19-14)20-21-16;1-8-4-5-11-9(2)12(16)17-13-15(11)10(8)6-7-14(3,18-13)19-20-15;/h10-13,16-17H,4-9H2,1-3H3,(H,20,21);9-14H,5-8H2,1-4H3;8-13,16H,4-7H2,1-3H3;/q;;;+1/p-1/t10-,11-,12+,13+,16-,17-,18-,19-;9-,10-,11+,12+,13+,14-,15-,16-;8-,9-,10+,11+,12?,13-,14-,15-;/m111./s1. The Balaban J connectivity index is 0.000000130. The maximum absolute atomic E-state index is 12.0.